The number of hydrogen-bond acceptors (Lipinski definition) is 4. The molecule has 1 aromatic rings. The van der Waals surface area contributed by atoms with Crippen LogP contribution < -0.4 is 10.0 Å². The fourth-order valence-corrected chi connectivity index (χ4v) is 5.72. The van der Waals surface area contributed by atoms with Crippen molar-refractivity contribution in [2.24, 2.45) is 5.92 Å². The monoisotopic (exact) mass is 380 g/mol. The van der Waals surface area contributed by atoms with E-state index in [9.17, 15) is 8.42 Å². The van der Waals surface area contributed by atoms with Crippen molar-refractivity contribution in [1.29, 1.82) is 0 Å². The van der Waals surface area contributed by atoms with Gasteiger partial charge in [0.2, 0.25) is 10.0 Å². The van der Waals surface area contributed by atoms with Gasteiger partial charge in [-0.1, -0.05) is 20.3 Å². The van der Waals surface area contributed by atoms with Gasteiger partial charge in [-0.25, -0.2) is 13.1 Å². The molecule has 20 heavy (non-hydrogen) atoms. The highest BCUT2D eigenvalue weighted by Crippen LogP contribution is 2.32. The molecular weight excluding hydrogens is 360 g/mol. The van der Waals surface area contributed by atoms with Crippen LogP contribution in [-0.2, 0) is 16.6 Å². The van der Waals surface area contributed by atoms with E-state index in [4.69, 9.17) is 0 Å². The van der Waals surface area contributed by atoms with Crippen LogP contribution in [0.3, 0.4) is 0 Å². The Morgan fingerprint density at radius 2 is 2.15 bits per heavy atom. The third-order valence-electron chi connectivity index (χ3n) is 3.47. The lowest BCUT2D eigenvalue weighted by Crippen LogP contribution is -2.32. The maximum absolute atomic E-state index is 12.3. The van der Waals surface area contributed by atoms with Crippen molar-refractivity contribution in [3.8, 4) is 0 Å². The topological polar surface area (TPSA) is 58.2 Å². The SMILES string of the molecule is CC(C)NCc1cc(S(=O)(=O)NCC2CCC2)c(Br)s1. The molecular formula is C13H21BrN2O2S2. The molecule has 4 nitrogen and oxygen atoms in total. The van der Waals surface area contributed by atoms with Crippen LogP contribution in [0.4, 0.5) is 0 Å². The van der Waals surface area contributed by atoms with Crippen molar-refractivity contribution in [2.45, 2.75) is 50.6 Å². The van der Waals surface area contributed by atoms with Gasteiger partial charge in [0.1, 0.15) is 4.90 Å². The summed E-state index contributed by atoms with van der Waals surface area (Å²) in [6, 6.07) is 2.14. The molecule has 1 heterocycles. The largest absolute Gasteiger partial charge is 0.310 e. The molecule has 2 rings (SSSR count). The maximum atomic E-state index is 12.3. The highest BCUT2D eigenvalue weighted by atomic mass is 79.9. The van der Waals surface area contributed by atoms with Gasteiger partial charge in [-0.3, -0.25) is 0 Å². The lowest BCUT2D eigenvalue weighted by atomic mass is 9.86. The van der Waals surface area contributed by atoms with E-state index in [1.54, 1.807) is 6.07 Å². The number of rotatable bonds is 7. The van der Waals surface area contributed by atoms with Crippen LogP contribution in [0.2, 0.25) is 0 Å². The average Bonchev–Trinajstić information content (AvgIpc) is 2.66. The molecule has 0 aromatic carbocycles. The lowest BCUT2D eigenvalue weighted by Gasteiger charge is -2.25. The Morgan fingerprint density at radius 3 is 2.70 bits per heavy atom. The summed E-state index contributed by atoms with van der Waals surface area (Å²) in [4.78, 5) is 1.39. The van der Waals surface area contributed by atoms with Gasteiger partial charge in [0.05, 0.1) is 3.79 Å². The first-order chi connectivity index (χ1) is 9.38. The van der Waals surface area contributed by atoms with E-state index in [1.165, 1.54) is 17.8 Å². The van der Waals surface area contributed by atoms with E-state index in [0.717, 1.165) is 17.7 Å². The highest BCUT2D eigenvalue weighted by Gasteiger charge is 2.24. The van der Waals surface area contributed by atoms with Gasteiger partial charge in [0, 0.05) is 24.0 Å². The van der Waals surface area contributed by atoms with Gasteiger partial charge < -0.3 is 5.32 Å². The number of nitrogens with one attached hydrogen (secondary N) is 2. The second-order valence-corrected chi connectivity index (χ2v) is 9.73. The molecule has 1 fully saturated rings. The third kappa shape index (κ3) is 4.27. The summed E-state index contributed by atoms with van der Waals surface area (Å²) in [5.41, 5.74) is 0. The third-order valence-corrected chi connectivity index (χ3v) is 7.14. The van der Waals surface area contributed by atoms with Gasteiger partial charge in [-0.05, 0) is 40.8 Å². The van der Waals surface area contributed by atoms with Crippen LogP contribution in [0.5, 0.6) is 0 Å². The Balaban J connectivity index is 2.02. The standard InChI is InChI=1S/C13H21BrN2O2S2/c1-9(2)15-8-11-6-12(13(14)19-11)20(17,18)16-7-10-4-3-5-10/h6,9-10,15-16H,3-5,7-8H2,1-2H3. The van der Waals surface area contributed by atoms with Crippen LogP contribution >= 0.6 is 27.3 Å². The number of halogens is 1. The molecule has 1 aliphatic rings. The minimum Gasteiger partial charge on any atom is -0.310 e. The van der Waals surface area contributed by atoms with Crippen molar-refractivity contribution in [1.82, 2.24) is 10.0 Å². The zero-order chi connectivity index (χ0) is 14.8. The molecule has 0 spiro atoms. The first-order valence-electron chi connectivity index (χ1n) is 6.89. The molecule has 0 atom stereocenters. The minimum absolute atomic E-state index is 0.363. The van der Waals surface area contributed by atoms with Crippen molar-refractivity contribution in [2.75, 3.05) is 6.54 Å². The lowest BCUT2D eigenvalue weighted by molar-refractivity contribution is 0.316. The number of thiophene rings is 1. The van der Waals surface area contributed by atoms with Gasteiger partial charge in [0.15, 0.2) is 0 Å². The first-order valence-corrected chi connectivity index (χ1v) is 9.99. The molecule has 0 radical (unpaired) electrons. The number of hydrogen-bond donors (Lipinski definition) is 2. The van der Waals surface area contributed by atoms with Crippen LogP contribution in [-0.4, -0.2) is 21.0 Å². The normalized spacial score (nSPS) is 16.6. The summed E-state index contributed by atoms with van der Waals surface area (Å²) in [5, 5.41) is 3.30. The highest BCUT2D eigenvalue weighted by molar-refractivity contribution is 9.11. The molecule has 1 saturated carbocycles. The zero-order valence-electron chi connectivity index (χ0n) is 11.8. The Bertz CT molecular complexity index is 551. The second kappa shape index (κ2) is 6.87. The molecule has 0 unspecified atom stereocenters. The minimum atomic E-state index is -3.39. The van der Waals surface area contributed by atoms with Gasteiger partial charge in [-0.2, -0.15) is 0 Å². The van der Waals surface area contributed by atoms with Crippen molar-refractivity contribution in [3.63, 3.8) is 0 Å². The Labute approximate surface area is 133 Å². The van der Waals surface area contributed by atoms with E-state index in [0.29, 0.717) is 33.7 Å². The molecule has 0 saturated heterocycles. The van der Waals surface area contributed by atoms with Crippen molar-refractivity contribution >= 4 is 37.3 Å². The van der Waals surface area contributed by atoms with E-state index in [2.05, 4.69) is 39.8 Å². The summed E-state index contributed by atoms with van der Waals surface area (Å²) in [6.45, 7) is 5.39. The molecule has 2 N–H and O–H groups in total. The summed E-state index contributed by atoms with van der Waals surface area (Å²) < 4.78 is 28.0. The van der Waals surface area contributed by atoms with Crippen molar-refractivity contribution in [3.05, 3.63) is 14.7 Å². The summed E-state index contributed by atoms with van der Waals surface area (Å²) >= 11 is 4.84. The Morgan fingerprint density at radius 1 is 1.45 bits per heavy atom. The van der Waals surface area contributed by atoms with E-state index in [-0.39, 0.29) is 0 Å². The van der Waals surface area contributed by atoms with Crippen LogP contribution in [0.25, 0.3) is 0 Å². The van der Waals surface area contributed by atoms with E-state index in [1.807, 2.05) is 0 Å². The molecule has 0 amide bonds. The average molecular weight is 381 g/mol. The zero-order valence-corrected chi connectivity index (χ0v) is 15.0. The molecule has 114 valence electrons. The summed E-state index contributed by atoms with van der Waals surface area (Å²) in [5.74, 6) is 0.518. The molecule has 1 aromatic heterocycles. The Kier molecular flexibility index (Phi) is 5.64. The quantitative estimate of drug-likeness (QED) is 0.763. The molecule has 1 aliphatic carbocycles. The molecule has 0 aliphatic heterocycles. The maximum Gasteiger partial charge on any atom is 0.242 e. The predicted molar refractivity (Wildman–Crippen MR) is 86.5 cm³/mol. The van der Waals surface area contributed by atoms with E-state index >= 15 is 0 Å². The van der Waals surface area contributed by atoms with Crippen LogP contribution in [0.1, 0.15) is 38.0 Å². The summed E-state index contributed by atoms with van der Waals surface area (Å²) in [7, 11) is -3.39. The van der Waals surface area contributed by atoms with Crippen molar-refractivity contribution < 1.29 is 8.42 Å². The molecule has 0 bridgehead atoms. The fraction of sp³-hybridized carbons (Fsp3) is 0.692. The Hall–Kier alpha value is 0.0500. The second-order valence-electron chi connectivity index (χ2n) is 5.54. The smallest absolute Gasteiger partial charge is 0.242 e. The fourth-order valence-electron chi connectivity index (χ4n) is 1.98. The first kappa shape index (κ1) is 16.4. The van der Waals surface area contributed by atoms with Gasteiger partial charge in [0.25, 0.3) is 0 Å². The van der Waals surface area contributed by atoms with Gasteiger partial charge >= 0.3 is 0 Å². The van der Waals surface area contributed by atoms with E-state index < -0.39 is 10.0 Å². The van der Waals surface area contributed by atoms with Gasteiger partial charge in [-0.15, -0.1) is 11.3 Å². The summed E-state index contributed by atoms with van der Waals surface area (Å²) in [6.07, 6.45) is 3.49. The predicted octanol–water partition coefficient (Wildman–Crippen LogP) is 3.09. The van der Waals surface area contributed by atoms with Crippen LogP contribution in [0.15, 0.2) is 14.7 Å². The molecule has 7 heteroatoms. The number of sulfonamides is 1. The van der Waals surface area contributed by atoms with Crippen LogP contribution in [0, 0.1) is 5.92 Å².